The number of hydroxylamine groups is 2. The first-order valence-corrected chi connectivity index (χ1v) is 2.22. The van der Waals surface area contributed by atoms with Crippen molar-refractivity contribution in [3.63, 3.8) is 0 Å². The lowest BCUT2D eigenvalue weighted by molar-refractivity contribution is -0.171. The predicted molar refractivity (Wildman–Crippen MR) is 30.4 cm³/mol. The van der Waals surface area contributed by atoms with Gasteiger partial charge in [-0.15, -0.1) is 12.4 Å². The second kappa shape index (κ2) is 3.24. The van der Waals surface area contributed by atoms with Crippen LogP contribution in [0.4, 0.5) is 0 Å². The van der Waals surface area contributed by atoms with Crippen molar-refractivity contribution in [3.8, 4) is 0 Å². The molecule has 0 radical (unpaired) electrons. The highest BCUT2D eigenvalue weighted by atomic mass is 35.5. The maximum Gasteiger partial charge on any atom is 0.0575 e. The number of hydrogen-bond donors (Lipinski definition) is 0. The number of nitrogens with zero attached hydrogens (tertiary/aromatic N) is 1. The number of halogens is 1. The lowest BCUT2D eigenvalue weighted by Crippen LogP contribution is -2.35. The molecule has 1 heterocycles. The zero-order valence-corrected chi connectivity index (χ0v) is 5.20. The van der Waals surface area contributed by atoms with Gasteiger partial charge < -0.3 is 4.84 Å². The van der Waals surface area contributed by atoms with Gasteiger partial charge in [-0.1, -0.05) is 0 Å². The summed E-state index contributed by atoms with van der Waals surface area (Å²) in [7, 11) is 1.71. The lowest BCUT2D eigenvalue weighted by Gasteiger charge is -2.27. The normalized spacial score (nSPS) is 20.1. The van der Waals surface area contributed by atoms with Crippen LogP contribution in [0, 0.1) is 0 Å². The third-order valence-electron chi connectivity index (χ3n) is 1.07. The van der Waals surface area contributed by atoms with E-state index in [2.05, 4.69) is 0 Å². The molecule has 0 bridgehead atoms. The van der Waals surface area contributed by atoms with Gasteiger partial charge in [0, 0.05) is 13.1 Å². The molecule has 1 saturated heterocycles. The van der Waals surface area contributed by atoms with Crippen molar-refractivity contribution in [2.45, 2.75) is 6.42 Å². The molecule has 2 nitrogen and oxygen atoms in total. The van der Waals surface area contributed by atoms with Crippen LogP contribution in [0.1, 0.15) is 6.42 Å². The van der Waals surface area contributed by atoms with Gasteiger partial charge in [-0.25, -0.2) is 0 Å². The van der Waals surface area contributed by atoms with Crippen LogP contribution >= 0.6 is 12.4 Å². The van der Waals surface area contributed by atoms with Crippen molar-refractivity contribution in [2.24, 2.45) is 0 Å². The second-order valence-electron chi connectivity index (χ2n) is 1.47. The summed E-state index contributed by atoms with van der Waals surface area (Å²) in [4.78, 5) is 4.82. The third-order valence-corrected chi connectivity index (χ3v) is 1.07. The fourth-order valence-corrected chi connectivity index (χ4v) is 0.470. The van der Waals surface area contributed by atoms with Gasteiger partial charge in [-0.2, -0.15) is 5.06 Å². The van der Waals surface area contributed by atoms with Gasteiger partial charge in [0.2, 0.25) is 0 Å². The highest BCUT2D eigenvalue weighted by Gasteiger charge is 2.10. The summed E-state index contributed by atoms with van der Waals surface area (Å²) in [5, 5.41) is 1.93. The summed E-state index contributed by atoms with van der Waals surface area (Å²) in [6, 6.07) is 0. The van der Waals surface area contributed by atoms with Crippen LogP contribution in [0.2, 0.25) is 0 Å². The highest BCUT2D eigenvalue weighted by Crippen LogP contribution is 2.02. The van der Waals surface area contributed by atoms with Gasteiger partial charge in [0.15, 0.2) is 0 Å². The van der Waals surface area contributed by atoms with E-state index in [9.17, 15) is 0 Å². The van der Waals surface area contributed by atoms with E-state index in [4.69, 9.17) is 4.84 Å². The van der Waals surface area contributed by atoms with E-state index >= 15 is 0 Å². The Labute approximate surface area is 49.8 Å². The number of rotatable bonds is 1. The average molecular weight is 124 g/mol. The largest absolute Gasteiger partial charge is 0.302 e. The summed E-state index contributed by atoms with van der Waals surface area (Å²) in [6.07, 6.45) is 1.30. The first-order chi connectivity index (χ1) is 2.93. The SMILES string of the molecule is CON1CCC1.Cl. The van der Waals surface area contributed by atoms with E-state index in [0.717, 1.165) is 13.1 Å². The summed E-state index contributed by atoms with van der Waals surface area (Å²) in [5.74, 6) is 0. The van der Waals surface area contributed by atoms with Crippen molar-refractivity contribution in [2.75, 3.05) is 20.2 Å². The average Bonchev–Trinajstić information content (AvgIpc) is 1.31. The summed E-state index contributed by atoms with van der Waals surface area (Å²) < 4.78 is 0. The summed E-state index contributed by atoms with van der Waals surface area (Å²) in [5.41, 5.74) is 0. The first-order valence-electron chi connectivity index (χ1n) is 2.22. The van der Waals surface area contributed by atoms with Crippen molar-refractivity contribution in [3.05, 3.63) is 0 Å². The Bertz CT molecular complexity index is 44.2. The Hall–Kier alpha value is 0.210. The van der Waals surface area contributed by atoms with Crippen LogP contribution in [0.3, 0.4) is 0 Å². The Morgan fingerprint density at radius 1 is 1.43 bits per heavy atom. The minimum atomic E-state index is 0. The molecular weight excluding hydrogens is 114 g/mol. The third kappa shape index (κ3) is 1.63. The molecule has 0 aromatic rings. The fourth-order valence-electron chi connectivity index (χ4n) is 0.470. The molecule has 1 aliphatic rings. The molecule has 0 N–H and O–H groups in total. The molecule has 1 fully saturated rings. The van der Waals surface area contributed by atoms with Crippen LogP contribution in [0.15, 0.2) is 0 Å². The van der Waals surface area contributed by atoms with Gasteiger partial charge in [-0.3, -0.25) is 0 Å². The molecule has 0 aliphatic carbocycles. The van der Waals surface area contributed by atoms with E-state index in [0.29, 0.717) is 0 Å². The molecule has 0 aromatic heterocycles. The van der Waals surface area contributed by atoms with E-state index in [1.807, 2.05) is 5.06 Å². The first kappa shape index (κ1) is 7.21. The summed E-state index contributed by atoms with van der Waals surface area (Å²) in [6.45, 7) is 2.24. The van der Waals surface area contributed by atoms with E-state index in [1.165, 1.54) is 6.42 Å². The zero-order valence-electron chi connectivity index (χ0n) is 4.39. The molecule has 1 aliphatic heterocycles. The van der Waals surface area contributed by atoms with E-state index < -0.39 is 0 Å². The van der Waals surface area contributed by atoms with E-state index in [1.54, 1.807) is 7.11 Å². The van der Waals surface area contributed by atoms with Gasteiger partial charge in [0.1, 0.15) is 0 Å². The molecule has 0 spiro atoms. The van der Waals surface area contributed by atoms with Crippen molar-refractivity contribution >= 4 is 12.4 Å². The van der Waals surface area contributed by atoms with Gasteiger partial charge in [-0.05, 0) is 6.42 Å². The van der Waals surface area contributed by atoms with Gasteiger partial charge in [0.25, 0.3) is 0 Å². The van der Waals surface area contributed by atoms with Crippen molar-refractivity contribution in [1.82, 2.24) is 5.06 Å². The van der Waals surface area contributed by atoms with E-state index in [-0.39, 0.29) is 12.4 Å². The molecule has 0 unspecified atom stereocenters. The zero-order chi connectivity index (χ0) is 4.41. The standard InChI is InChI=1S/C4H9NO.ClH/c1-6-5-3-2-4-5;/h2-4H2,1H3;1H. The van der Waals surface area contributed by atoms with Crippen molar-refractivity contribution in [1.29, 1.82) is 0 Å². The lowest BCUT2D eigenvalue weighted by atomic mass is 10.3. The molecule has 0 saturated carbocycles. The molecule has 0 aromatic carbocycles. The van der Waals surface area contributed by atoms with Crippen LogP contribution in [0.25, 0.3) is 0 Å². The fraction of sp³-hybridized carbons (Fsp3) is 1.00. The minimum absolute atomic E-state index is 0. The number of hydrogen-bond acceptors (Lipinski definition) is 2. The molecule has 44 valence electrons. The Kier molecular flexibility index (Phi) is 3.34. The van der Waals surface area contributed by atoms with Crippen LogP contribution in [-0.4, -0.2) is 25.3 Å². The smallest absolute Gasteiger partial charge is 0.0575 e. The Morgan fingerprint density at radius 3 is 2.00 bits per heavy atom. The molecule has 0 amide bonds. The highest BCUT2D eigenvalue weighted by molar-refractivity contribution is 5.85. The molecule has 3 heteroatoms. The summed E-state index contributed by atoms with van der Waals surface area (Å²) >= 11 is 0. The van der Waals surface area contributed by atoms with Crippen LogP contribution < -0.4 is 0 Å². The Balaban J connectivity index is 0.000000360. The maximum atomic E-state index is 4.82. The molecule has 1 rings (SSSR count). The molecular formula is C4H10ClNO. The van der Waals surface area contributed by atoms with Gasteiger partial charge >= 0.3 is 0 Å². The Morgan fingerprint density at radius 2 is 2.00 bits per heavy atom. The molecule has 7 heavy (non-hydrogen) atoms. The van der Waals surface area contributed by atoms with Crippen molar-refractivity contribution < 1.29 is 4.84 Å². The van der Waals surface area contributed by atoms with Crippen LogP contribution in [-0.2, 0) is 4.84 Å². The molecule has 0 atom stereocenters. The topological polar surface area (TPSA) is 12.5 Å². The van der Waals surface area contributed by atoms with Crippen LogP contribution in [0.5, 0.6) is 0 Å². The van der Waals surface area contributed by atoms with Gasteiger partial charge in [0.05, 0.1) is 7.11 Å². The monoisotopic (exact) mass is 123 g/mol. The second-order valence-corrected chi connectivity index (χ2v) is 1.47. The maximum absolute atomic E-state index is 4.82. The quantitative estimate of drug-likeness (QED) is 0.509. The minimum Gasteiger partial charge on any atom is -0.302 e. The predicted octanol–water partition coefficient (Wildman–Crippen LogP) is 0.675.